The fraction of sp³-hybridized carbons (Fsp3) is 0.500. The zero-order valence-electron chi connectivity index (χ0n) is 11.1. The minimum atomic E-state index is -0.177. The fourth-order valence-corrected chi connectivity index (χ4v) is 2.06. The molecule has 0 heterocycles. The molecule has 0 aliphatic carbocycles. The Morgan fingerprint density at radius 2 is 2.00 bits per heavy atom. The highest BCUT2D eigenvalue weighted by atomic mass is 79.9. The number of hydrogen-bond donors (Lipinski definition) is 1. The van der Waals surface area contributed by atoms with E-state index in [-0.39, 0.29) is 11.4 Å². The number of halogens is 1. The van der Waals surface area contributed by atoms with Gasteiger partial charge in [0.25, 0.3) is 0 Å². The van der Waals surface area contributed by atoms with E-state index in [2.05, 4.69) is 28.2 Å². The molecule has 1 N–H and O–H groups in total. The molecule has 0 spiro atoms. The molecule has 0 saturated carbocycles. The van der Waals surface area contributed by atoms with Crippen molar-refractivity contribution in [3.63, 3.8) is 0 Å². The maximum absolute atomic E-state index is 11.9. The molecule has 1 aromatic carbocycles. The van der Waals surface area contributed by atoms with Crippen molar-refractivity contribution in [1.82, 2.24) is 5.32 Å². The number of ether oxygens (including phenoxy) is 1. The number of hydrogen-bond acceptors (Lipinski definition) is 2. The SMILES string of the molecule is CCC(C)(CBr)NC(=O)Cc1ccc(OC)cc1. The van der Waals surface area contributed by atoms with Gasteiger partial charge < -0.3 is 10.1 Å². The Balaban J connectivity index is 2.58. The minimum Gasteiger partial charge on any atom is -0.497 e. The van der Waals surface area contributed by atoms with Crippen LogP contribution in [0.5, 0.6) is 5.75 Å². The third kappa shape index (κ3) is 4.33. The molecular formula is C14H20BrNO2. The molecule has 0 aliphatic rings. The van der Waals surface area contributed by atoms with Gasteiger partial charge >= 0.3 is 0 Å². The highest BCUT2D eigenvalue weighted by molar-refractivity contribution is 9.09. The van der Waals surface area contributed by atoms with Crippen LogP contribution in [0.15, 0.2) is 24.3 Å². The van der Waals surface area contributed by atoms with E-state index in [1.807, 2.05) is 31.2 Å². The van der Waals surface area contributed by atoms with E-state index in [9.17, 15) is 4.79 Å². The van der Waals surface area contributed by atoms with Crippen LogP contribution >= 0.6 is 15.9 Å². The van der Waals surface area contributed by atoms with Gasteiger partial charge in [-0.15, -0.1) is 0 Å². The second-order valence-corrected chi connectivity index (χ2v) is 5.18. The van der Waals surface area contributed by atoms with Crippen LogP contribution in [0.2, 0.25) is 0 Å². The van der Waals surface area contributed by atoms with E-state index in [0.29, 0.717) is 6.42 Å². The molecule has 4 heteroatoms. The van der Waals surface area contributed by atoms with Gasteiger partial charge in [-0.2, -0.15) is 0 Å². The maximum Gasteiger partial charge on any atom is 0.224 e. The van der Waals surface area contributed by atoms with Crippen LogP contribution < -0.4 is 10.1 Å². The summed E-state index contributed by atoms with van der Waals surface area (Å²) in [4.78, 5) is 11.9. The van der Waals surface area contributed by atoms with Gasteiger partial charge in [-0.25, -0.2) is 0 Å². The van der Waals surface area contributed by atoms with Crippen LogP contribution in [0.3, 0.4) is 0 Å². The third-order valence-electron chi connectivity index (χ3n) is 3.04. The standard InChI is InChI=1S/C14H20BrNO2/c1-4-14(2,10-15)16-13(17)9-11-5-7-12(18-3)8-6-11/h5-8H,4,9-10H2,1-3H3,(H,16,17). The van der Waals surface area contributed by atoms with Gasteiger partial charge in [-0.1, -0.05) is 35.0 Å². The lowest BCUT2D eigenvalue weighted by molar-refractivity contribution is -0.122. The average molecular weight is 314 g/mol. The molecule has 0 fully saturated rings. The van der Waals surface area contributed by atoms with Crippen LogP contribution in [0.25, 0.3) is 0 Å². The quantitative estimate of drug-likeness (QED) is 0.820. The number of carbonyl (C=O) groups is 1. The molecule has 1 rings (SSSR count). The molecule has 18 heavy (non-hydrogen) atoms. The van der Waals surface area contributed by atoms with E-state index in [1.54, 1.807) is 7.11 Å². The molecular weight excluding hydrogens is 294 g/mol. The molecule has 0 bridgehead atoms. The van der Waals surface area contributed by atoms with Crippen LogP contribution in [0, 0.1) is 0 Å². The lowest BCUT2D eigenvalue weighted by Gasteiger charge is -2.27. The Kier molecular flexibility index (Phi) is 5.66. The molecule has 3 nitrogen and oxygen atoms in total. The maximum atomic E-state index is 11.9. The van der Waals surface area contributed by atoms with Gasteiger partial charge in [-0.3, -0.25) is 4.79 Å². The molecule has 1 unspecified atom stereocenters. The van der Waals surface area contributed by atoms with Crippen LogP contribution in [-0.2, 0) is 11.2 Å². The summed E-state index contributed by atoms with van der Waals surface area (Å²) < 4.78 is 5.08. The number of methoxy groups -OCH3 is 1. The second kappa shape index (κ2) is 6.78. The number of nitrogens with one attached hydrogen (secondary N) is 1. The smallest absolute Gasteiger partial charge is 0.224 e. The lowest BCUT2D eigenvalue weighted by Crippen LogP contribution is -2.47. The van der Waals surface area contributed by atoms with Gasteiger partial charge in [0.05, 0.1) is 13.5 Å². The first-order chi connectivity index (χ1) is 8.53. The van der Waals surface area contributed by atoms with E-state index in [0.717, 1.165) is 23.1 Å². The molecule has 0 radical (unpaired) electrons. The summed E-state index contributed by atoms with van der Waals surface area (Å²) >= 11 is 3.43. The Labute approximate surface area is 117 Å². The monoisotopic (exact) mass is 313 g/mol. The summed E-state index contributed by atoms with van der Waals surface area (Å²) in [5, 5.41) is 3.81. The molecule has 1 amide bonds. The van der Waals surface area contributed by atoms with Gasteiger partial charge in [0.15, 0.2) is 0 Å². The largest absolute Gasteiger partial charge is 0.497 e. The highest BCUT2D eigenvalue weighted by Gasteiger charge is 2.22. The number of rotatable bonds is 6. The van der Waals surface area contributed by atoms with Crippen molar-refractivity contribution in [3.05, 3.63) is 29.8 Å². The summed E-state index contributed by atoms with van der Waals surface area (Å²) in [6.45, 7) is 4.10. The van der Waals surface area contributed by atoms with Crippen molar-refractivity contribution in [2.45, 2.75) is 32.2 Å². The van der Waals surface area contributed by atoms with Crippen molar-refractivity contribution in [3.8, 4) is 5.75 Å². The Morgan fingerprint density at radius 1 is 1.39 bits per heavy atom. The molecule has 0 saturated heterocycles. The second-order valence-electron chi connectivity index (χ2n) is 4.62. The number of alkyl halides is 1. The predicted octanol–water partition coefficient (Wildman–Crippen LogP) is 2.92. The number of amides is 1. The molecule has 0 aliphatic heterocycles. The zero-order valence-corrected chi connectivity index (χ0v) is 12.7. The summed E-state index contributed by atoms with van der Waals surface area (Å²) in [5.74, 6) is 0.849. The topological polar surface area (TPSA) is 38.3 Å². The van der Waals surface area contributed by atoms with E-state index in [1.165, 1.54) is 0 Å². The van der Waals surface area contributed by atoms with Gasteiger partial charge in [0.2, 0.25) is 5.91 Å². The number of benzene rings is 1. The average Bonchev–Trinajstić information content (AvgIpc) is 2.39. The first-order valence-corrected chi connectivity index (χ1v) is 7.15. The zero-order chi connectivity index (χ0) is 13.6. The van der Waals surface area contributed by atoms with E-state index >= 15 is 0 Å². The summed E-state index contributed by atoms with van der Waals surface area (Å²) in [7, 11) is 1.63. The first kappa shape index (κ1) is 15.0. The normalized spacial score (nSPS) is 13.8. The molecule has 100 valence electrons. The van der Waals surface area contributed by atoms with Gasteiger partial charge in [0.1, 0.15) is 5.75 Å². The minimum absolute atomic E-state index is 0.0453. The third-order valence-corrected chi connectivity index (χ3v) is 4.28. The van der Waals surface area contributed by atoms with Crippen LogP contribution in [-0.4, -0.2) is 23.9 Å². The van der Waals surface area contributed by atoms with Crippen LogP contribution in [0.4, 0.5) is 0 Å². The van der Waals surface area contributed by atoms with Crippen molar-refractivity contribution in [2.24, 2.45) is 0 Å². The summed E-state index contributed by atoms with van der Waals surface area (Å²) in [5.41, 5.74) is 0.810. The van der Waals surface area contributed by atoms with Crippen molar-refractivity contribution in [2.75, 3.05) is 12.4 Å². The molecule has 0 aromatic heterocycles. The van der Waals surface area contributed by atoms with Gasteiger partial charge in [0, 0.05) is 10.9 Å². The van der Waals surface area contributed by atoms with Crippen LogP contribution in [0.1, 0.15) is 25.8 Å². The predicted molar refractivity (Wildman–Crippen MR) is 77.3 cm³/mol. The first-order valence-electron chi connectivity index (χ1n) is 6.03. The Hall–Kier alpha value is -1.03. The fourth-order valence-electron chi connectivity index (χ4n) is 1.53. The van der Waals surface area contributed by atoms with Crippen molar-refractivity contribution in [1.29, 1.82) is 0 Å². The molecule has 1 aromatic rings. The van der Waals surface area contributed by atoms with E-state index in [4.69, 9.17) is 4.74 Å². The van der Waals surface area contributed by atoms with Crippen molar-refractivity contribution >= 4 is 21.8 Å². The molecule has 1 atom stereocenters. The van der Waals surface area contributed by atoms with Crippen molar-refractivity contribution < 1.29 is 9.53 Å². The Bertz CT molecular complexity index is 385. The van der Waals surface area contributed by atoms with Gasteiger partial charge in [-0.05, 0) is 31.0 Å². The highest BCUT2D eigenvalue weighted by Crippen LogP contribution is 2.14. The Morgan fingerprint density at radius 3 is 2.44 bits per heavy atom. The summed E-state index contributed by atoms with van der Waals surface area (Å²) in [6, 6.07) is 7.56. The summed E-state index contributed by atoms with van der Waals surface area (Å²) in [6.07, 6.45) is 1.29. The van der Waals surface area contributed by atoms with E-state index < -0.39 is 0 Å². The number of carbonyl (C=O) groups excluding carboxylic acids is 1. The lowest BCUT2D eigenvalue weighted by atomic mass is 10.0.